The maximum absolute atomic E-state index is 5.62. The number of hydrogen-bond donors (Lipinski definition) is 1. The molecule has 0 amide bonds. The fraction of sp³-hybridized carbons (Fsp3) is 0.375. The number of hydrogen-bond acceptors (Lipinski definition) is 3. The second-order valence-corrected chi connectivity index (χ2v) is 5.33. The van der Waals surface area contributed by atoms with Crippen LogP contribution in [0.25, 0.3) is 11.1 Å². The van der Waals surface area contributed by atoms with Gasteiger partial charge in [-0.15, -0.1) is 0 Å². The molecule has 2 aromatic rings. The predicted molar refractivity (Wildman–Crippen MR) is 73.2 cm³/mol. The molecule has 1 saturated carbocycles. The zero-order valence-electron chi connectivity index (χ0n) is 10.8. The van der Waals surface area contributed by atoms with E-state index < -0.39 is 0 Å². The number of benzene rings is 1. The highest BCUT2D eigenvalue weighted by Gasteiger charge is 2.21. The molecule has 1 N–H and O–H groups in total. The van der Waals surface area contributed by atoms with E-state index in [1.807, 2.05) is 0 Å². The van der Waals surface area contributed by atoms with Crippen molar-refractivity contribution >= 4 is 0 Å². The molecule has 19 heavy (non-hydrogen) atoms. The van der Waals surface area contributed by atoms with Gasteiger partial charge < -0.3 is 14.5 Å². The summed E-state index contributed by atoms with van der Waals surface area (Å²) < 4.78 is 11.2. The molecule has 1 fully saturated rings. The summed E-state index contributed by atoms with van der Waals surface area (Å²) in [5.41, 5.74) is 3.73. The Morgan fingerprint density at radius 2 is 2.16 bits per heavy atom. The van der Waals surface area contributed by atoms with E-state index in [1.165, 1.54) is 29.5 Å². The quantitative estimate of drug-likeness (QED) is 0.911. The van der Waals surface area contributed by atoms with Gasteiger partial charge in [-0.2, -0.15) is 0 Å². The molecular formula is C16H17NO2. The molecule has 0 atom stereocenters. The predicted octanol–water partition coefficient (Wildman–Crippen LogP) is 3.13. The third kappa shape index (κ3) is 2.15. The van der Waals surface area contributed by atoms with E-state index in [0.717, 1.165) is 31.1 Å². The lowest BCUT2D eigenvalue weighted by Gasteiger charge is -2.06. The summed E-state index contributed by atoms with van der Waals surface area (Å²) in [6.07, 6.45) is 5.39. The van der Waals surface area contributed by atoms with Crippen LogP contribution in [0.1, 0.15) is 24.2 Å². The van der Waals surface area contributed by atoms with Crippen LogP contribution in [0, 0.1) is 0 Å². The number of furan rings is 1. The van der Waals surface area contributed by atoms with Crippen molar-refractivity contribution in [2.24, 2.45) is 0 Å². The molecule has 2 aliphatic rings. The van der Waals surface area contributed by atoms with Crippen LogP contribution in [0.5, 0.6) is 5.75 Å². The number of rotatable bonds is 4. The number of fused-ring (bicyclic) bond motifs is 1. The van der Waals surface area contributed by atoms with Crippen LogP contribution in [0.4, 0.5) is 0 Å². The molecule has 1 aliphatic carbocycles. The molecule has 1 aliphatic heterocycles. The van der Waals surface area contributed by atoms with Gasteiger partial charge in [0.05, 0.1) is 19.4 Å². The fourth-order valence-corrected chi connectivity index (χ4v) is 2.61. The van der Waals surface area contributed by atoms with E-state index in [1.54, 1.807) is 6.26 Å². The van der Waals surface area contributed by atoms with Crippen LogP contribution in [0.3, 0.4) is 0 Å². The van der Waals surface area contributed by atoms with E-state index in [2.05, 4.69) is 29.6 Å². The number of nitrogens with one attached hydrogen (secondary N) is 1. The highest BCUT2D eigenvalue weighted by Crippen LogP contribution is 2.32. The van der Waals surface area contributed by atoms with Crippen LogP contribution in [0.15, 0.2) is 34.9 Å². The van der Waals surface area contributed by atoms with Gasteiger partial charge in [-0.3, -0.25) is 0 Å². The second kappa shape index (κ2) is 4.42. The minimum absolute atomic E-state index is 0.700. The Balaban J connectivity index is 1.62. The molecule has 0 radical (unpaired) electrons. The van der Waals surface area contributed by atoms with Crippen LogP contribution in [0.2, 0.25) is 0 Å². The van der Waals surface area contributed by atoms with Gasteiger partial charge in [-0.05, 0) is 42.2 Å². The van der Waals surface area contributed by atoms with Crippen molar-refractivity contribution in [2.45, 2.75) is 31.8 Å². The van der Waals surface area contributed by atoms with E-state index in [4.69, 9.17) is 9.15 Å². The van der Waals surface area contributed by atoms with Gasteiger partial charge in [0.15, 0.2) is 0 Å². The van der Waals surface area contributed by atoms with Gasteiger partial charge in [0.2, 0.25) is 0 Å². The zero-order valence-corrected chi connectivity index (χ0v) is 10.8. The summed E-state index contributed by atoms with van der Waals surface area (Å²) in [7, 11) is 0. The summed E-state index contributed by atoms with van der Waals surface area (Å²) >= 11 is 0. The van der Waals surface area contributed by atoms with Crippen LogP contribution in [-0.4, -0.2) is 12.6 Å². The average Bonchev–Trinajstić information content (AvgIpc) is 2.97. The molecule has 3 heteroatoms. The maximum Gasteiger partial charge on any atom is 0.125 e. The van der Waals surface area contributed by atoms with Crippen LogP contribution >= 0.6 is 0 Å². The Bertz CT molecular complexity index is 599. The Morgan fingerprint density at radius 1 is 1.21 bits per heavy atom. The maximum atomic E-state index is 5.62. The molecule has 4 rings (SSSR count). The number of ether oxygens (including phenoxy) is 1. The van der Waals surface area contributed by atoms with E-state index in [-0.39, 0.29) is 0 Å². The standard InChI is InChI=1S/C16H17NO2/c1-4-15-12(5-7-18-15)9-11(1)14-6-8-19-16(14)10-17-13-2-3-13/h1,4,6,8-9,13,17H,2-3,5,7,10H2. The summed E-state index contributed by atoms with van der Waals surface area (Å²) in [6.45, 7) is 1.63. The van der Waals surface area contributed by atoms with Crippen molar-refractivity contribution in [1.29, 1.82) is 0 Å². The molecule has 0 spiro atoms. The minimum atomic E-state index is 0.700. The fourth-order valence-electron chi connectivity index (χ4n) is 2.61. The first-order valence-corrected chi connectivity index (χ1v) is 6.96. The van der Waals surface area contributed by atoms with Gasteiger partial charge in [0, 0.05) is 18.0 Å². The monoisotopic (exact) mass is 255 g/mol. The molecule has 3 nitrogen and oxygen atoms in total. The Morgan fingerprint density at radius 3 is 3.05 bits per heavy atom. The largest absolute Gasteiger partial charge is 0.493 e. The van der Waals surface area contributed by atoms with Crippen molar-refractivity contribution in [2.75, 3.05) is 6.61 Å². The normalized spacial score (nSPS) is 17.3. The Labute approximate surface area is 112 Å². The Hall–Kier alpha value is -1.74. The summed E-state index contributed by atoms with van der Waals surface area (Å²) in [5.74, 6) is 2.07. The highest BCUT2D eigenvalue weighted by molar-refractivity contribution is 5.67. The SMILES string of the molecule is c1cc(-c2ccc3c(c2)CCO3)c(CNC2CC2)o1. The first-order valence-electron chi connectivity index (χ1n) is 6.96. The summed E-state index contributed by atoms with van der Waals surface area (Å²) in [6, 6.07) is 9.18. The topological polar surface area (TPSA) is 34.4 Å². The van der Waals surface area contributed by atoms with Gasteiger partial charge in [0.25, 0.3) is 0 Å². The van der Waals surface area contributed by atoms with Crippen molar-refractivity contribution < 1.29 is 9.15 Å². The minimum Gasteiger partial charge on any atom is -0.493 e. The lowest BCUT2D eigenvalue weighted by Crippen LogP contribution is -2.15. The van der Waals surface area contributed by atoms with E-state index >= 15 is 0 Å². The molecule has 1 aromatic carbocycles. The van der Waals surface area contributed by atoms with Gasteiger partial charge in [-0.25, -0.2) is 0 Å². The summed E-state index contributed by atoms with van der Waals surface area (Å²) in [5, 5.41) is 3.50. The van der Waals surface area contributed by atoms with Crippen molar-refractivity contribution in [3.63, 3.8) is 0 Å². The van der Waals surface area contributed by atoms with Crippen molar-refractivity contribution in [1.82, 2.24) is 5.32 Å². The van der Waals surface area contributed by atoms with E-state index in [9.17, 15) is 0 Å². The molecule has 98 valence electrons. The first-order chi connectivity index (χ1) is 9.40. The lowest BCUT2D eigenvalue weighted by molar-refractivity contribution is 0.357. The summed E-state index contributed by atoms with van der Waals surface area (Å²) in [4.78, 5) is 0. The smallest absolute Gasteiger partial charge is 0.125 e. The van der Waals surface area contributed by atoms with Gasteiger partial charge in [0.1, 0.15) is 11.5 Å². The van der Waals surface area contributed by atoms with Crippen LogP contribution < -0.4 is 10.1 Å². The highest BCUT2D eigenvalue weighted by atomic mass is 16.5. The molecule has 1 aromatic heterocycles. The Kier molecular flexibility index (Phi) is 2.59. The third-order valence-corrected chi connectivity index (χ3v) is 3.87. The molecule has 0 unspecified atom stereocenters. The van der Waals surface area contributed by atoms with Crippen molar-refractivity contribution in [3.05, 3.63) is 41.9 Å². The average molecular weight is 255 g/mol. The van der Waals surface area contributed by atoms with Gasteiger partial charge in [-0.1, -0.05) is 6.07 Å². The first kappa shape index (κ1) is 11.1. The second-order valence-electron chi connectivity index (χ2n) is 5.33. The molecule has 0 saturated heterocycles. The molecular weight excluding hydrogens is 238 g/mol. The van der Waals surface area contributed by atoms with E-state index in [0.29, 0.717) is 6.04 Å². The third-order valence-electron chi connectivity index (χ3n) is 3.87. The molecule has 0 bridgehead atoms. The van der Waals surface area contributed by atoms with Crippen molar-refractivity contribution in [3.8, 4) is 16.9 Å². The molecule has 2 heterocycles. The van der Waals surface area contributed by atoms with Crippen LogP contribution in [-0.2, 0) is 13.0 Å². The zero-order chi connectivity index (χ0) is 12.7. The lowest BCUT2D eigenvalue weighted by atomic mass is 10.0. The van der Waals surface area contributed by atoms with Gasteiger partial charge >= 0.3 is 0 Å².